The number of nitrogens with one attached hydrogen (secondary N) is 1. The van der Waals surface area contributed by atoms with Crippen LogP contribution in [0.15, 0.2) is 0 Å². The van der Waals surface area contributed by atoms with Gasteiger partial charge in [-0.05, 0) is 12.3 Å². The van der Waals surface area contributed by atoms with Crippen LogP contribution >= 0.6 is 0 Å². The number of carbonyl (C=O) groups is 1. The Hall–Kier alpha value is -0.710. The summed E-state index contributed by atoms with van der Waals surface area (Å²) in [6.07, 6.45) is 0.892. The molecule has 2 fully saturated rings. The maximum absolute atomic E-state index is 13.1. The molecular weight excluding hydrogens is 216 g/mol. The summed E-state index contributed by atoms with van der Waals surface area (Å²) in [5.74, 6) is -3.19. The van der Waals surface area contributed by atoms with E-state index in [-0.39, 0.29) is 30.4 Å². The van der Waals surface area contributed by atoms with Crippen molar-refractivity contribution in [3.63, 3.8) is 0 Å². The molecule has 0 bridgehead atoms. The third-order valence-electron chi connectivity index (χ3n) is 3.67. The standard InChI is InChI=1S/C11H17F2NO2/c1-6(4-9(15)16-2)3-7-10-8(14-7)5-11(10,12)13/h6-8,10,14H,3-5H2,1-2H3/t6?,7-,8-,10?/m0/s1. The third kappa shape index (κ3) is 1.93. The quantitative estimate of drug-likeness (QED) is 0.749. The van der Waals surface area contributed by atoms with Crippen molar-refractivity contribution in [3.8, 4) is 0 Å². The van der Waals surface area contributed by atoms with Gasteiger partial charge in [-0.2, -0.15) is 0 Å². The largest absolute Gasteiger partial charge is 0.469 e. The first-order valence-corrected chi connectivity index (χ1v) is 5.64. The molecule has 1 saturated carbocycles. The Morgan fingerprint density at radius 2 is 2.31 bits per heavy atom. The number of hydrogen-bond donors (Lipinski definition) is 1. The van der Waals surface area contributed by atoms with Crippen LogP contribution in [0.4, 0.5) is 8.78 Å². The number of carbonyl (C=O) groups excluding carboxylic acids is 1. The summed E-state index contributed by atoms with van der Waals surface area (Å²) in [5, 5.41) is 3.12. The van der Waals surface area contributed by atoms with E-state index in [0.29, 0.717) is 12.8 Å². The number of alkyl halides is 2. The molecule has 16 heavy (non-hydrogen) atoms. The fraction of sp³-hybridized carbons (Fsp3) is 0.909. The molecule has 1 saturated heterocycles. The molecule has 4 atom stereocenters. The van der Waals surface area contributed by atoms with Crippen molar-refractivity contribution in [1.29, 1.82) is 0 Å². The Labute approximate surface area is 93.5 Å². The van der Waals surface area contributed by atoms with Crippen LogP contribution in [0.2, 0.25) is 0 Å². The van der Waals surface area contributed by atoms with Gasteiger partial charge in [-0.3, -0.25) is 4.79 Å². The van der Waals surface area contributed by atoms with E-state index in [2.05, 4.69) is 10.1 Å². The maximum Gasteiger partial charge on any atom is 0.305 e. The first-order chi connectivity index (χ1) is 7.44. The summed E-state index contributed by atoms with van der Waals surface area (Å²) < 4.78 is 30.8. The van der Waals surface area contributed by atoms with Gasteiger partial charge < -0.3 is 10.1 Å². The van der Waals surface area contributed by atoms with Crippen molar-refractivity contribution in [3.05, 3.63) is 0 Å². The van der Waals surface area contributed by atoms with E-state index in [1.54, 1.807) is 0 Å². The van der Waals surface area contributed by atoms with Crippen LogP contribution < -0.4 is 5.32 Å². The summed E-state index contributed by atoms with van der Waals surface area (Å²) in [7, 11) is 1.34. The molecule has 1 heterocycles. The Balaban J connectivity index is 1.77. The molecule has 0 amide bonds. The normalized spacial score (nSPS) is 36.6. The van der Waals surface area contributed by atoms with Gasteiger partial charge in [0.25, 0.3) is 5.92 Å². The fourth-order valence-corrected chi connectivity index (χ4v) is 2.79. The Morgan fingerprint density at radius 1 is 1.62 bits per heavy atom. The van der Waals surface area contributed by atoms with Crippen LogP contribution in [0.25, 0.3) is 0 Å². The van der Waals surface area contributed by atoms with Crippen molar-refractivity contribution >= 4 is 5.97 Å². The van der Waals surface area contributed by atoms with Gasteiger partial charge in [0, 0.05) is 24.9 Å². The summed E-state index contributed by atoms with van der Waals surface area (Å²) in [5.41, 5.74) is 0. The second kappa shape index (κ2) is 3.95. The van der Waals surface area contributed by atoms with E-state index in [1.807, 2.05) is 6.92 Å². The summed E-state index contributed by atoms with van der Waals surface area (Å²) in [6.45, 7) is 1.89. The van der Waals surface area contributed by atoms with Gasteiger partial charge in [0.05, 0.1) is 13.0 Å². The molecular formula is C11H17F2NO2. The predicted octanol–water partition coefficient (Wildman–Crippen LogP) is 1.57. The zero-order chi connectivity index (χ0) is 11.9. The van der Waals surface area contributed by atoms with Crippen LogP contribution in [0, 0.1) is 11.8 Å². The highest BCUT2D eigenvalue weighted by molar-refractivity contribution is 5.69. The van der Waals surface area contributed by atoms with Crippen LogP contribution in [0.5, 0.6) is 0 Å². The molecule has 0 aromatic rings. The summed E-state index contributed by atoms with van der Waals surface area (Å²) in [6, 6.07) is -0.126. The lowest BCUT2D eigenvalue weighted by Gasteiger charge is -2.59. The minimum absolute atomic E-state index is 0.00493. The van der Waals surface area contributed by atoms with Gasteiger partial charge >= 0.3 is 5.97 Å². The molecule has 3 nitrogen and oxygen atoms in total. The lowest BCUT2D eigenvalue weighted by atomic mass is 9.62. The molecule has 2 rings (SSSR count). The average Bonchev–Trinajstić information content (AvgIpc) is 2.13. The van der Waals surface area contributed by atoms with E-state index >= 15 is 0 Å². The summed E-state index contributed by atoms with van der Waals surface area (Å²) in [4.78, 5) is 11.0. The number of methoxy groups -OCH3 is 1. The van der Waals surface area contributed by atoms with Crippen LogP contribution in [-0.2, 0) is 9.53 Å². The van der Waals surface area contributed by atoms with E-state index in [9.17, 15) is 13.6 Å². The van der Waals surface area contributed by atoms with Crippen molar-refractivity contribution in [2.45, 2.75) is 44.2 Å². The minimum Gasteiger partial charge on any atom is -0.469 e. The molecule has 1 N–H and O–H groups in total. The fourth-order valence-electron chi connectivity index (χ4n) is 2.79. The SMILES string of the molecule is COC(=O)CC(C)C[C@@H]1N[C@H]2CC(F)(F)C12. The Bertz CT molecular complexity index is 296. The molecule has 5 heteroatoms. The lowest BCUT2D eigenvalue weighted by molar-refractivity contribution is -0.214. The van der Waals surface area contributed by atoms with Gasteiger partial charge in [-0.25, -0.2) is 8.78 Å². The van der Waals surface area contributed by atoms with Gasteiger partial charge in [0.1, 0.15) is 0 Å². The van der Waals surface area contributed by atoms with Crippen molar-refractivity contribution in [1.82, 2.24) is 5.32 Å². The lowest BCUT2D eigenvalue weighted by Crippen LogP contribution is -2.76. The maximum atomic E-state index is 13.1. The summed E-state index contributed by atoms with van der Waals surface area (Å²) >= 11 is 0. The van der Waals surface area contributed by atoms with Crippen molar-refractivity contribution in [2.24, 2.45) is 11.8 Å². The monoisotopic (exact) mass is 233 g/mol. The highest BCUT2D eigenvalue weighted by atomic mass is 19.3. The smallest absolute Gasteiger partial charge is 0.305 e. The van der Waals surface area contributed by atoms with Gasteiger partial charge in [-0.1, -0.05) is 6.92 Å². The average molecular weight is 233 g/mol. The van der Waals surface area contributed by atoms with E-state index in [1.165, 1.54) is 7.11 Å². The first kappa shape index (κ1) is 11.8. The second-order valence-corrected chi connectivity index (χ2v) is 4.99. The van der Waals surface area contributed by atoms with Crippen LogP contribution in [0.1, 0.15) is 26.2 Å². The molecule has 0 spiro atoms. The predicted molar refractivity (Wildman–Crippen MR) is 54.2 cm³/mol. The number of piperidine rings is 1. The van der Waals surface area contributed by atoms with Crippen molar-refractivity contribution < 1.29 is 18.3 Å². The number of halogens is 2. The molecule has 2 unspecified atom stereocenters. The number of hydrogen-bond acceptors (Lipinski definition) is 3. The van der Waals surface area contributed by atoms with Crippen molar-refractivity contribution in [2.75, 3.05) is 7.11 Å². The second-order valence-electron chi connectivity index (χ2n) is 4.99. The highest BCUT2D eigenvalue weighted by Gasteiger charge is 2.65. The highest BCUT2D eigenvalue weighted by Crippen LogP contribution is 2.52. The third-order valence-corrected chi connectivity index (χ3v) is 3.67. The number of rotatable bonds is 4. The zero-order valence-corrected chi connectivity index (χ0v) is 9.50. The molecule has 1 aliphatic heterocycles. The number of ether oxygens (including phenoxy) is 1. The van der Waals surface area contributed by atoms with E-state index in [4.69, 9.17) is 0 Å². The zero-order valence-electron chi connectivity index (χ0n) is 9.50. The molecule has 0 aromatic carbocycles. The molecule has 0 radical (unpaired) electrons. The molecule has 1 aliphatic carbocycles. The Morgan fingerprint density at radius 3 is 2.81 bits per heavy atom. The number of esters is 1. The molecule has 92 valence electrons. The van der Waals surface area contributed by atoms with Crippen LogP contribution in [0.3, 0.4) is 0 Å². The topological polar surface area (TPSA) is 38.3 Å². The Kier molecular flexibility index (Phi) is 2.90. The minimum atomic E-state index is -2.49. The van der Waals surface area contributed by atoms with Crippen LogP contribution in [-0.4, -0.2) is 31.1 Å². The number of fused-ring (bicyclic) bond motifs is 1. The first-order valence-electron chi connectivity index (χ1n) is 5.64. The van der Waals surface area contributed by atoms with Gasteiger partial charge in [-0.15, -0.1) is 0 Å². The van der Waals surface area contributed by atoms with Gasteiger partial charge in [0.2, 0.25) is 0 Å². The molecule has 0 aromatic heterocycles. The van der Waals surface area contributed by atoms with E-state index < -0.39 is 11.8 Å². The molecule has 2 aliphatic rings. The van der Waals surface area contributed by atoms with Gasteiger partial charge in [0.15, 0.2) is 0 Å². The van der Waals surface area contributed by atoms with E-state index in [0.717, 1.165) is 0 Å².